The van der Waals surface area contributed by atoms with E-state index in [1.165, 1.54) is 38.5 Å². The molecule has 0 radical (unpaired) electrons. The summed E-state index contributed by atoms with van der Waals surface area (Å²) in [5, 5.41) is 0. The molecule has 3 unspecified atom stereocenters. The molecule has 0 heterocycles. The summed E-state index contributed by atoms with van der Waals surface area (Å²) in [7, 11) is 0. The Morgan fingerprint density at radius 3 is 2.25 bits per heavy atom. The highest BCUT2D eigenvalue weighted by molar-refractivity contribution is 4.79. The van der Waals surface area contributed by atoms with E-state index in [0.29, 0.717) is 0 Å². The fourth-order valence-electron chi connectivity index (χ4n) is 2.26. The highest BCUT2D eigenvalue weighted by Crippen LogP contribution is 2.40. The molecule has 0 aromatic carbocycles. The van der Waals surface area contributed by atoms with E-state index in [9.17, 15) is 0 Å². The van der Waals surface area contributed by atoms with Gasteiger partial charge in [0.05, 0.1) is 0 Å². The maximum atomic E-state index is 2.39. The van der Waals surface area contributed by atoms with Crippen LogP contribution in [0.5, 0.6) is 0 Å². The van der Waals surface area contributed by atoms with Crippen LogP contribution >= 0.6 is 0 Å². The van der Waals surface area contributed by atoms with E-state index < -0.39 is 0 Å². The molecule has 0 aromatic rings. The molecule has 0 nitrogen and oxygen atoms in total. The second-order valence-corrected chi connectivity index (χ2v) is 4.60. The van der Waals surface area contributed by atoms with Gasteiger partial charge in [0.2, 0.25) is 0 Å². The summed E-state index contributed by atoms with van der Waals surface area (Å²) < 4.78 is 0. The van der Waals surface area contributed by atoms with Crippen molar-refractivity contribution in [2.45, 2.75) is 59.3 Å². The molecule has 0 heteroatoms. The summed E-state index contributed by atoms with van der Waals surface area (Å²) in [6.07, 6.45) is 8.80. The normalized spacial score (nSPS) is 31.2. The van der Waals surface area contributed by atoms with E-state index >= 15 is 0 Å². The van der Waals surface area contributed by atoms with Gasteiger partial charge in [-0.05, 0) is 37.0 Å². The van der Waals surface area contributed by atoms with Crippen molar-refractivity contribution in [2.75, 3.05) is 0 Å². The van der Waals surface area contributed by atoms with E-state index in [0.717, 1.165) is 17.8 Å². The molecule has 0 saturated heterocycles. The minimum Gasteiger partial charge on any atom is -0.0651 e. The molecule has 1 aliphatic rings. The molecule has 0 amide bonds. The second kappa shape index (κ2) is 4.89. The Morgan fingerprint density at radius 1 is 1.17 bits per heavy atom. The van der Waals surface area contributed by atoms with Crippen molar-refractivity contribution in [3.8, 4) is 0 Å². The molecule has 1 fully saturated rings. The van der Waals surface area contributed by atoms with Crippen LogP contribution in [-0.4, -0.2) is 0 Å². The zero-order chi connectivity index (χ0) is 8.97. The van der Waals surface area contributed by atoms with Gasteiger partial charge >= 0.3 is 0 Å². The van der Waals surface area contributed by atoms with Crippen LogP contribution in [0.2, 0.25) is 0 Å². The lowest BCUT2D eigenvalue weighted by atomic mass is 9.69. The summed E-state index contributed by atoms with van der Waals surface area (Å²) in [4.78, 5) is 0. The Labute approximate surface area is 77.7 Å². The topological polar surface area (TPSA) is 0 Å². The molecule has 1 aliphatic carbocycles. The molecule has 1 rings (SSSR count). The summed E-state index contributed by atoms with van der Waals surface area (Å²) >= 11 is 0. The van der Waals surface area contributed by atoms with Gasteiger partial charge in [0.25, 0.3) is 0 Å². The van der Waals surface area contributed by atoms with E-state index in [4.69, 9.17) is 0 Å². The maximum absolute atomic E-state index is 2.39. The molecule has 12 heavy (non-hydrogen) atoms. The fourth-order valence-corrected chi connectivity index (χ4v) is 2.26. The predicted molar refractivity (Wildman–Crippen MR) is 55.2 cm³/mol. The van der Waals surface area contributed by atoms with E-state index in [1.807, 2.05) is 0 Å². The minimum atomic E-state index is 0.961. The van der Waals surface area contributed by atoms with Crippen LogP contribution in [0.3, 0.4) is 0 Å². The van der Waals surface area contributed by atoms with Crippen LogP contribution < -0.4 is 0 Å². The first-order chi connectivity index (χ1) is 5.77. The van der Waals surface area contributed by atoms with Gasteiger partial charge in [-0.1, -0.05) is 40.0 Å². The van der Waals surface area contributed by atoms with Gasteiger partial charge in [0, 0.05) is 0 Å². The SMILES string of the molecule is CCC(C)CCC1CCC1CC. The summed E-state index contributed by atoms with van der Waals surface area (Å²) in [6.45, 7) is 7.04. The maximum Gasteiger partial charge on any atom is -0.0386 e. The van der Waals surface area contributed by atoms with Crippen molar-refractivity contribution in [1.82, 2.24) is 0 Å². The Bertz CT molecular complexity index is 115. The zero-order valence-corrected chi connectivity index (χ0v) is 8.97. The van der Waals surface area contributed by atoms with Crippen LogP contribution in [0.15, 0.2) is 0 Å². The third kappa shape index (κ3) is 2.50. The number of hydrogen-bond acceptors (Lipinski definition) is 0. The van der Waals surface area contributed by atoms with Crippen LogP contribution in [0, 0.1) is 17.8 Å². The molecule has 72 valence electrons. The number of hydrogen-bond donors (Lipinski definition) is 0. The largest absolute Gasteiger partial charge is 0.0651 e. The van der Waals surface area contributed by atoms with Crippen LogP contribution in [0.4, 0.5) is 0 Å². The van der Waals surface area contributed by atoms with Crippen molar-refractivity contribution >= 4 is 0 Å². The average molecular weight is 168 g/mol. The van der Waals surface area contributed by atoms with Gasteiger partial charge in [-0.15, -0.1) is 0 Å². The van der Waals surface area contributed by atoms with Crippen molar-refractivity contribution in [3.63, 3.8) is 0 Å². The molecule has 0 N–H and O–H groups in total. The van der Waals surface area contributed by atoms with Crippen LogP contribution in [-0.2, 0) is 0 Å². The molecule has 3 atom stereocenters. The summed E-state index contributed by atoms with van der Waals surface area (Å²) in [6, 6.07) is 0. The lowest BCUT2D eigenvalue weighted by molar-refractivity contribution is 0.149. The van der Waals surface area contributed by atoms with Crippen LogP contribution in [0.25, 0.3) is 0 Å². The monoisotopic (exact) mass is 168 g/mol. The standard InChI is InChI=1S/C12H24/c1-4-10(3)6-7-12-9-8-11(12)5-2/h10-12H,4-9H2,1-3H3. The van der Waals surface area contributed by atoms with E-state index in [1.54, 1.807) is 0 Å². The molecule has 0 bridgehead atoms. The second-order valence-electron chi connectivity index (χ2n) is 4.60. The van der Waals surface area contributed by atoms with E-state index in [-0.39, 0.29) is 0 Å². The Balaban J connectivity index is 2.07. The molecule has 0 aliphatic heterocycles. The first-order valence-corrected chi connectivity index (χ1v) is 5.77. The van der Waals surface area contributed by atoms with E-state index in [2.05, 4.69) is 20.8 Å². The van der Waals surface area contributed by atoms with Crippen molar-refractivity contribution in [1.29, 1.82) is 0 Å². The fraction of sp³-hybridized carbons (Fsp3) is 1.00. The van der Waals surface area contributed by atoms with Gasteiger partial charge in [-0.25, -0.2) is 0 Å². The van der Waals surface area contributed by atoms with Gasteiger partial charge in [-0.2, -0.15) is 0 Å². The third-order valence-electron chi connectivity index (χ3n) is 3.83. The molecule has 0 spiro atoms. The average Bonchev–Trinajstić information content (AvgIpc) is 2.03. The van der Waals surface area contributed by atoms with Crippen molar-refractivity contribution < 1.29 is 0 Å². The molecular weight excluding hydrogens is 144 g/mol. The third-order valence-corrected chi connectivity index (χ3v) is 3.83. The minimum absolute atomic E-state index is 0.961. The zero-order valence-electron chi connectivity index (χ0n) is 8.97. The van der Waals surface area contributed by atoms with Crippen LogP contribution in [0.1, 0.15) is 59.3 Å². The van der Waals surface area contributed by atoms with Gasteiger partial charge < -0.3 is 0 Å². The van der Waals surface area contributed by atoms with Crippen molar-refractivity contribution in [2.24, 2.45) is 17.8 Å². The van der Waals surface area contributed by atoms with Gasteiger partial charge in [0.15, 0.2) is 0 Å². The quantitative estimate of drug-likeness (QED) is 0.575. The Morgan fingerprint density at radius 2 is 1.83 bits per heavy atom. The van der Waals surface area contributed by atoms with Gasteiger partial charge in [-0.3, -0.25) is 0 Å². The Kier molecular flexibility index (Phi) is 4.11. The first kappa shape index (κ1) is 10.1. The lowest BCUT2D eigenvalue weighted by Crippen LogP contribution is -2.25. The first-order valence-electron chi connectivity index (χ1n) is 5.77. The number of rotatable bonds is 5. The molecular formula is C12H24. The lowest BCUT2D eigenvalue weighted by Gasteiger charge is -2.36. The molecule has 1 saturated carbocycles. The van der Waals surface area contributed by atoms with Crippen molar-refractivity contribution in [3.05, 3.63) is 0 Å². The summed E-state index contributed by atoms with van der Waals surface area (Å²) in [5.74, 6) is 3.15. The highest BCUT2D eigenvalue weighted by atomic mass is 14.3. The Hall–Kier alpha value is 0. The molecule has 0 aromatic heterocycles. The predicted octanol–water partition coefficient (Wildman–Crippen LogP) is 4.25. The van der Waals surface area contributed by atoms with Gasteiger partial charge in [0.1, 0.15) is 0 Å². The summed E-state index contributed by atoms with van der Waals surface area (Å²) in [5.41, 5.74) is 0. The highest BCUT2D eigenvalue weighted by Gasteiger charge is 2.28. The smallest absolute Gasteiger partial charge is 0.0386 e.